The van der Waals surface area contributed by atoms with Crippen LogP contribution in [0.5, 0.6) is 0 Å². The summed E-state index contributed by atoms with van der Waals surface area (Å²) < 4.78 is 68.2. The average molecular weight is 595 g/mol. The quantitative estimate of drug-likeness (QED) is 0.116. The van der Waals surface area contributed by atoms with Gasteiger partial charge in [0.25, 0.3) is 0 Å². The van der Waals surface area contributed by atoms with E-state index in [1.165, 1.54) is 12.1 Å². The van der Waals surface area contributed by atoms with Crippen LogP contribution in [0.2, 0.25) is 0 Å². The van der Waals surface area contributed by atoms with Crippen molar-refractivity contribution in [1.82, 2.24) is 0 Å². The van der Waals surface area contributed by atoms with Crippen molar-refractivity contribution in [2.45, 2.75) is 75.0 Å². The monoisotopic (exact) mass is 594 g/mol. The van der Waals surface area contributed by atoms with Gasteiger partial charge in [-0.3, -0.25) is 0 Å². The second-order valence-corrected chi connectivity index (χ2v) is 12.1. The molecule has 0 bridgehead atoms. The molecular weight excluding hydrogens is 561 g/mol. The van der Waals surface area contributed by atoms with Crippen LogP contribution in [0, 0.1) is 0 Å². The molecule has 0 aromatic heterocycles. The first-order valence-electron chi connectivity index (χ1n) is 13.0. The normalized spacial score (nSPS) is 11.6. The van der Waals surface area contributed by atoms with Crippen LogP contribution >= 0.6 is 0 Å². The molecule has 0 atom stereocenters. The first-order valence-corrected chi connectivity index (χ1v) is 15.8. The van der Waals surface area contributed by atoms with Crippen molar-refractivity contribution >= 4 is 79.5 Å². The van der Waals surface area contributed by atoms with E-state index >= 15 is 0 Å². The topological polar surface area (TPSA) is 114 Å². The van der Waals surface area contributed by atoms with Gasteiger partial charge < -0.3 is 9.11 Å². The molecule has 4 aromatic carbocycles. The largest absolute Gasteiger partial charge is 2.00 e. The van der Waals surface area contributed by atoms with Gasteiger partial charge in [-0.25, -0.2) is 16.8 Å². The summed E-state index contributed by atoms with van der Waals surface area (Å²) in [4.78, 5) is -0.135. The minimum atomic E-state index is -4.41. The number of aryl methyl sites for hydroxylation is 2. The van der Waals surface area contributed by atoms with Crippen LogP contribution in [0.4, 0.5) is 0 Å². The molecule has 0 heterocycles. The summed E-state index contributed by atoms with van der Waals surface area (Å²) in [7, 11) is -8.82. The Balaban J connectivity index is 0.000000267. The zero-order valence-electron chi connectivity index (χ0n) is 22.6. The predicted octanol–water partition coefficient (Wildman–Crippen LogP) is 6.57. The number of benzene rings is 4. The van der Waals surface area contributed by atoms with E-state index < -0.39 is 20.2 Å². The zero-order valence-corrected chi connectivity index (χ0v) is 26.4. The van der Waals surface area contributed by atoms with Crippen molar-refractivity contribution in [1.29, 1.82) is 0 Å². The Morgan fingerprint density at radius 2 is 0.846 bits per heavy atom. The summed E-state index contributed by atoms with van der Waals surface area (Å²) >= 11 is 0. The second kappa shape index (κ2) is 15.5. The fourth-order valence-corrected chi connectivity index (χ4v) is 6.03. The molecule has 6 nitrogen and oxygen atoms in total. The number of hydrogen-bond donors (Lipinski definition) is 0. The summed E-state index contributed by atoms with van der Waals surface area (Å²) in [5.74, 6) is 0. The Hall–Kier alpha value is -1.52. The van der Waals surface area contributed by atoms with Crippen molar-refractivity contribution in [2.24, 2.45) is 0 Å². The maximum Gasteiger partial charge on any atom is 2.00 e. The molecular formula is C30H34CaO6S2. The van der Waals surface area contributed by atoms with Crippen LogP contribution in [-0.2, 0) is 33.1 Å². The Bertz CT molecular complexity index is 1480. The number of fused-ring (bicyclic) bond motifs is 2. The molecule has 0 aliphatic carbocycles. The van der Waals surface area contributed by atoms with E-state index in [0.29, 0.717) is 24.0 Å². The van der Waals surface area contributed by atoms with Crippen molar-refractivity contribution in [3.05, 3.63) is 83.9 Å². The molecule has 0 aliphatic heterocycles. The molecule has 0 N–H and O–H groups in total. The molecule has 0 amide bonds. The van der Waals surface area contributed by atoms with Crippen LogP contribution in [0.15, 0.2) is 82.6 Å². The summed E-state index contributed by atoms with van der Waals surface area (Å²) in [6.07, 6.45) is 7.26. The van der Waals surface area contributed by atoms with Crippen molar-refractivity contribution in [3.8, 4) is 0 Å². The van der Waals surface area contributed by atoms with E-state index in [2.05, 4.69) is 13.8 Å². The SMILES string of the molecule is CCCCCc1cc2ccccc2cc1S(=O)(=O)[O-].CCCCCc1cc2ccccc2cc1S(=O)(=O)[O-].[Ca+2]. The molecule has 0 unspecified atom stereocenters. The van der Waals surface area contributed by atoms with Gasteiger partial charge in [-0.05, 0) is 82.6 Å². The average Bonchev–Trinajstić information content (AvgIpc) is 2.87. The van der Waals surface area contributed by atoms with Gasteiger partial charge in [0.05, 0.1) is 9.79 Å². The van der Waals surface area contributed by atoms with E-state index in [-0.39, 0.29) is 47.5 Å². The van der Waals surface area contributed by atoms with Crippen molar-refractivity contribution in [3.63, 3.8) is 0 Å². The van der Waals surface area contributed by atoms with E-state index in [1.807, 2.05) is 60.7 Å². The zero-order chi connectivity index (χ0) is 27.8. The molecule has 0 saturated heterocycles. The first-order chi connectivity index (χ1) is 18.0. The fourth-order valence-electron chi connectivity index (χ4n) is 4.52. The Kier molecular flexibility index (Phi) is 13.4. The summed E-state index contributed by atoms with van der Waals surface area (Å²) in [6.45, 7) is 4.18. The predicted molar refractivity (Wildman–Crippen MR) is 156 cm³/mol. The Morgan fingerprint density at radius 1 is 0.538 bits per heavy atom. The van der Waals surface area contributed by atoms with Crippen molar-refractivity contribution < 1.29 is 25.9 Å². The van der Waals surface area contributed by atoms with E-state index in [1.54, 1.807) is 0 Å². The minimum Gasteiger partial charge on any atom is -0.744 e. The van der Waals surface area contributed by atoms with E-state index in [0.717, 1.165) is 60.1 Å². The molecule has 0 spiro atoms. The smallest absolute Gasteiger partial charge is 0.744 e. The fraction of sp³-hybridized carbons (Fsp3) is 0.333. The molecule has 0 fully saturated rings. The molecule has 39 heavy (non-hydrogen) atoms. The maximum atomic E-state index is 11.4. The third kappa shape index (κ3) is 9.81. The van der Waals surface area contributed by atoms with Gasteiger partial charge in [0, 0.05) is 0 Å². The molecule has 0 saturated carbocycles. The number of hydrogen-bond acceptors (Lipinski definition) is 6. The first kappa shape index (κ1) is 33.7. The van der Waals surface area contributed by atoms with Crippen molar-refractivity contribution in [2.75, 3.05) is 0 Å². The van der Waals surface area contributed by atoms with Gasteiger partial charge in [0.15, 0.2) is 0 Å². The third-order valence-electron chi connectivity index (χ3n) is 6.50. The standard InChI is InChI=1S/2C15H18O3S.Ca/c2*1-2-3-4-9-14-10-12-7-5-6-8-13(12)11-15(14)19(16,17)18;/h2*5-8,10-11H,2-4,9H2,1H3,(H,16,17,18);/q;;+2/p-2. The van der Waals surface area contributed by atoms with Gasteiger partial charge in [-0.1, -0.05) is 88.1 Å². The maximum absolute atomic E-state index is 11.4. The van der Waals surface area contributed by atoms with E-state index in [9.17, 15) is 25.9 Å². The Labute approximate surface area is 262 Å². The van der Waals surface area contributed by atoms with Crippen LogP contribution in [0.3, 0.4) is 0 Å². The van der Waals surface area contributed by atoms with Gasteiger partial charge in [0.1, 0.15) is 20.2 Å². The van der Waals surface area contributed by atoms with Crippen LogP contribution in [-0.4, -0.2) is 63.7 Å². The van der Waals surface area contributed by atoms with Gasteiger partial charge >= 0.3 is 37.7 Å². The van der Waals surface area contributed by atoms with Gasteiger partial charge in [-0.2, -0.15) is 0 Å². The molecule has 204 valence electrons. The molecule has 4 aromatic rings. The molecule has 9 heteroatoms. The Morgan fingerprint density at radius 3 is 1.13 bits per heavy atom. The van der Waals surface area contributed by atoms with E-state index in [4.69, 9.17) is 0 Å². The molecule has 4 rings (SSSR count). The second-order valence-electron chi connectivity index (χ2n) is 9.44. The van der Waals surface area contributed by atoms with Gasteiger partial charge in [-0.15, -0.1) is 0 Å². The summed E-state index contributed by atoms with van der Waals surface area (Å²) in [5.41, 5.74) is 1.28. The summed E-state index contributed by atoms with van der Waals surface area (Å²) in [6, 6.07) is 21.6. The van der Waals surface area contributed by atoms with Crippen LogP contribution < -0.4 is 0 Å². The van der Waals surface area contributed by atoms with Crippen LogP contribution in [0.1, 0.15) is 63.5 Å². The minimum absolute atomic E-state index is 0. The number of rotatable bonds is 10. The van der Waals surface area contributed by atoms with Gasteiger partial charge in [0.2, 0.25) is 0 Å². The number of unbranched alkanes of at least 4 members (excludes halogenated alkanes) is 4. The molecule has 0 radical (unpaired) electrons. The summed E-state index contributed by atoms with van der Waals surface area (Å²) in [5, 5.41) is 3.52. The molecule has 0 aliphatic rings. The third-order valence-corrected chi connectivity index (χ3v) is 8.33. The van der Waals surface area contributed by atoms with Crippen LogP contribution in [0.25, 0.3) is 21.5 Å².